The van der Waals surface area contributed by atoms with Crippen molar-refractivity contribution in [1.29, 1.82) is 0 Å². The van der Waals surface area contributed by atoms with Gasteiger partial charge in [0.1, 0.15) is 6.54 Å². The Hall–Kier alpha value is -1.59. The lowest BCUT2D eigenvalue weighted by Gasteiger charge is -2.21. The number of aliphatic carboxylic acids is 1. The van der Waals surface area contributed by atoms with Crippen molar-refractivity contribution in [3.8, 4) is 0 Å². The molecule has 0 heterocycles. The van der Waals surface area contributed by atoms with Gasteiger partial charge in [0.15, 0.2) is 0 Å². The Kier molecular flexibility index (Phi) is 5.61. The first-order valence-electron chi connectivity index (χ1n) is 5.53. The second kappa shape index (κ2) is 6.98. The van der Waals surface area contributed by atoms with Crippen LogP contribution in [0, 0.1) is 0 Å². The number of carbonyl (C=O) groups is 2. The molecule has 98 valence electrons. The molecule has 1 aromatic carbocycles. The van der Waals surface area contributed by atoms with E-state index < -0.39 is 5.97 Å². The van der Waals surface area contributed by atoms with E-state index >= 15 is 0 Å². The molecule has 0 radical (unpaired) electrons. The number of benzene rings is 1. The maximum atomic E-state index is 11.9. The van der Waals surface area contributed by atoms with Crippen molar-refractivity contribution in [2.75, 3.05) is 24.5 Å². The van der Waals surface area contributed by atoms with Crippen molar-refractivity contribution < 1.29 is 14.7 Å². The number of nitrogens with one attached hydrogen (secondary N) is 1. The molecule has 2 N–H and O–H groups in total. The second-order valence-electron chi connectivity index (χ2n) is 3.63. The highest BCUT2D eigenvalue weighted by Crippen LogP contribution is 2.17. The maximum absolute atomic E-state index is 11.9. The average molecular weight is 271 g/mol. The summed E-state index contributed by atoms with van der Waals surface area (Å²) in [7, 11) is 0. The summed E-state index contributed by atoms with van der Waals surface area (Å²) >= 11 is 5.75. The number of carboxylic acids is 1. The zero-order valence-electron chi connectivity index (χ0n) is 10.0. The number of hydrogen-bond acceptors (Lipinski definition) is 3. The standard InChI is InChI=1S/C12H15ClN2O3/c1-2-14-7-11(16)15(8-12(17)18)10-5-3-9(13)4-6-10/h3-6,14H,2,7-8H2,1H3,(H,17,18). The molecule has 18 heavy (non-hydrogen) atoms. The van der Waals surface area contributed by atoms with Gasteiger partial charge >= 0.3 is 5.97 Å². The van der Waals surface area contributed by atoms with Crippen molar-refractivity contribution in [2.45, 2.75) is 6.92 Å². The van der Waals surface area contributed by atoms with Gasteiger partial charge in [0.25, 0.3) is 0 Å². The van der Waals surface area contributed by atoms with Crippen LogP contribution < -0.4 is 10.2 Å². The lowest BCUT2D eigenvalue weighted by Crippen LogP contribution is -2.41. The van der Waals surface area contributed by atoms with E-state index in [1.165, 1.54) is 4.90 Å². The van der Waals surface area contributed by atoms with Crippen molar-refractivity contribution in [1.82, 2.24) is 5.32 Å². The molecule has 1 aromatic rings. The van der Waals surface area contributed by atoms with Crippen LogP contribution in [0.15, 0.2) is 24.3 Å². The molecule has 1 rings (SSSR count). The second-order valence-corrected chi connectivity index (χ2v) is 4.07. The number of hydrogen-bond donors (Lipinski definition) is 2. The molecule has 0 aliphatic carbocycles. The van der Waals surface area contributed by atoms with Crippen LogP contribution >= 0.6 is 11.6 Å². The molecule has 0 unspecified atom stereocenters. The highest BCUT2D eigenvalue weighted by Gasteiger charge is 2.18. The summed E-state index contributed by atoms with van der Waals surface area (Å²) in [6.45, 7) is 2.25. The molecule has 0 aromatic heterocycles. The topological polar surface area (TPSA) is 69.6 Å². The predicted molar refractivity (Wildman–Crippen MR) is 70.0 cm³/mol. The molecule has 0 atom stereocenters. The Bertz CT molecular complexity index is 420. The number of carbonyl (C=O) groups excluding carboxylic acids is 1. The number of anilines is 1. The fraction of sp³-hybridized carbons (Fsp3) is 0.333. The van der Waals surface area contributed by atoms with Gasteiger partial charge in [-0.05, 0) is 30.8 Å². The van der Waals surface area contributed by atoms with Crippen molar-refractivity contribution in [3.05, 3.63) is 29.3 Å². The van der Waals surface area contributed by atoms with Gasteiger partial charge in [-0.2, -0.15) is 0 Å². The predicted octanol–water partition coefficient (Wildman–Crippen LogP) is 1.37. The van der Waals surface area contributed by atoms with E-state index in [0.717, 1.165) is 0 Å². The summed E-state index contributed by atoms with van der Waals surface area (Å²) in [5, 5.41) is 12.2. The first-order chi connectivity index (χ1) is 8.54. The smallest absolute Gasteiger partial charge is 0.323 e. The van der Waals surface area contributed by atoms with Gasteiger partial charge in [-0.1, -0.05) is 18.5 Å². The van der Waals surface area contributed by atoms with E-state index in [1.807, 2.05) is 6.92 Å². The monoisotopic (exact) mass is 270 g/mol. The normalized spacial score (nSPS) is 10.1. The van der Waals surface area contributed by atoms with E-state index in [-0.39, 0.29) is 19.0 Å². The molecule has 0 bridgehead atoms. The van der Waals surface area contributed by atoms with E-state index in [4.69, 9.17) is 16.7 Å². The molecule has 0 spiro atoms. The summed E-state index contributed by atoms with van der Waals surface area (Å²) in [4.78, 5) is 23.9. The van der Waals surface area contributed by atoms with Gasteiger partial charge in [-0.15, -0.1) is 0 Å². The largest absolute Gasteiger partial charge is 0.480 e. The van der Waals surface area contributed by atoms with Gasteiger partial charge in [0, 0.05) is 10.7 Å². The Labute approximate surface area is 110 Å². The lowest BCUT2D eigenvalue weighted by molar-refractivity contribution is -0.136. The van der Waals surface area contributed by atoms with Gasteiger partial charge in [0.2, 0.25) is 5.91 Å². The number of nitrogens with zero attached hydrogens (tertiary/aromatic N) is 1. The van der Waals surface area contributed by atoms with Crippen LogP contribution in [-0.2, 0) is 9.59 Å². The molecule has 0 saturated heterocycles. The molecule has 0 aliphatic heterocycles. The minimum atomic E-state index is -1.06. The molecule has 0 fully saturated rings. The third kappa shape index (κ3) is 4.35. The highest BCUT2D eigenvalue weighted by molar-refractivity contribution is 6.30. The van der Waals surface area contributed by atoms with Crippen LogP contribution in [-0.4, -0.2) is 36.6 Å². The molecule has 1 amide bonds. The number of halogens is 1. The third-order valence-electron chi connectivity index (χ3n) is 2.26. The van der Waals surface area contributed by atoms with E-state index in [1.54, 1.807) is 24.3 Å². The van der Waals surface area contributed by atoms with Gasteiger partial charge in [0.05, 0.1) is 6.54 Å². The van der Waals surface area contributed by atoms with Crippen molar-refractivity contribution >= 4 is 29.2 Å². The quantitative estimate of drug-likeness (QED) is 0.819. The van der Waals surface area contributed by atoms with Crippen molar-refractivity contribution in [3.63, 3.8) is 0 Å². The van der Waals surface area contributed by atoms with Gasteiger partial charge in [-0.25, -0.2) is 0 Å². The zero-order chi connectivity index (χ0) is 13.5. The number of rotatable bonds is 6. The Morgan fingerprint density at radius 1 is 1.33 bits per heavy atom. The zero-order valence-corrected chi connectivity index (χ0v) is 10.8. The molecular weight excluding hydrogens is 256 g/mol. The van der Waals surface area contributed by atoms with E-state index in [9.17, 15) is 9.59 Å². The molecule has 0 aliphatic rings. The molecule has 6 heteroatoms. The average Bonchev–Trinajstić information content (AvgIpc) is 2.34. The lowest BCUT2D eigenvalue weighted by atomic mass is 10.2. The molecule has 0 saturated carbocycles. The van der Waals surface area contributed by atoms with E-state index in [0.29, 0.717) is 17.3 Å². The van der Waals surface area contributed by atoms with Crippen LogP contribution in [0.3, 0.4) is 0 Å². The first-order valence-corrected chi connectivity index (χ1v) is 5.90. The number of amides is 1. The minimum absolute atomic E-state index is 0.104. The minimum Gasteiger partial charge on any atom is -0.480 e. The summed E-state index contributed by atoms with van der Waals surface area (Å²) in [6.07, 6.45) is 0. The van der Waals surface area contributed by atoms with Crippen LogP contribution in [0.5, 0.6) is 0 Å². The number of likely N-dealkylation sites (N-methyl/N-ethyl adjacent to an activating group) is 1. The fourth-order valence-corrected chi connectivity index (χ4v) is 1.53. The Morgan fingerprint density at radius 2 is 1.94 bits per heavy atom. The molecular formula is C12H15ClN2O3. The number of carboxylic acid groups (broad SMARTS) is 1. The fourth-order valence-electron chi connectivity index (χ4n) is 1.41. The van der Waals surface area contributed by atoms with Gasteiger partial charge in [-0.3, -0.25) is 9.59 Å². The summed E-state index contributed by atoms with van der Waals surface area (Å²) in [5.74, 6) is -1.35. The third-order valence-corrected chi connectivity index (χ3v) is 2.51. The highest BCUT2D eigenvalue weighted by atomic mass is 35.5. The summed E-state index contributed by atoms with van der Waals surface area (Å²) in [5.41, 5.74) is 0.518. The van der Waals surface area contributed by atoms with Gasteiger partial charge < -0.3 is 15.3 Å². The summed E-state index contributed by atoms with van der Waals surface area (Å²) in [6, 6.07) is 6.47. The maximum Gasteiger partial charge on any atom is 0.323 e. The Morgan fingerprint density at radius 3 is 2.44 bits per heavy atom. The van der Waals surface area contributed by atoms with Crippen molar-refractivity contribution in [2.24, 2.45) is 0 Å². The van der Waals surface area contributed by atoms with Crippen LogP contribution in [0.4, 0.5) is 5.69 Å². The summed E-state index contributed by atoms with van der Waals surface area (Å²) < 4.78 is 0. The van der Waals surface area contributed by atoms with E-state index in [2.05, 4.69) is 5.32 Å². The Balaban J connectivity index is 2.86. The molecule has 5 nitrogen and oxygen atoms in total. The van der Waals surface area contributed by atoms with Crippen LogP contribution in [0.2, 0.25) is 5.02 Å². The van der Waals surface area contributed by atoms with Crippen LogP contribution in [0.25, 0.3) is 0 Å². The van der Waals surface area contributed by atoms with Crippen LogP contribution in [0.1, 0.15) is 6.92 Å². The SMILES string of the molecule is CCNCC(=O)N(CC(=O)O)c1ccc(Cl)cc1. The first kappa shape index (κ1) is 14.5.